The zero-order chi connectivity index (χ0) is 20.4. The van der Waals surface area contributed by atoms with Crippen LogP contribution in [0.25, 0.3) is 0 Å². The molecule has 0 atom stereocenters. The summed E-state index contributed by atoms with van der Waals surface area (Å²) in [7, 11) is 0. The highest BCUT2D eigenvalue weighted by Crippen LogP contribution is 2.31. The van der Waals surface area contributed by atoms with Crippen LogP contribution in [0.3, 0.4) is 0 Å². The molecule has 29 heavy (non-hydrogen) atoms. The van der Waals surface area contributed by atoms with Crippen molar-refractivity contribution in [2.24, 2.45) is 0 Å². The molecule has 1 aliphatic rings. The Hall–Kier alpha value is -3.21. The van der Waals surface area contributed by atoms with Gasteiger partial charge in [0.05, 0.1) is 12.4 Å². The third-order valence-corrected chi connectivity index (χ3v) is 5.27. The number of hydrogen-bond donors (Lipinski definition) is 1. The van der Waals surface area contributed by atoms with Crippen molar-refractivity contribution in [3.8, 4) is 0 Å². The highest BCUT2D eigenvalue weighted by Gasteiger charge is 2.19. The second kappa shape index (κ2) is 7.66. The van der Waals surface area contributed by atoms with E-state index in [2.05, 4.69) is 59.2 Å². The fourth-order valence-electron chi connectivity index (χ4n) is 3.60. The number of carbonyl (C=O) groups excluding carboxylic acids is 1. The van der Waals surface area contributed by atoms with Gasteiger partial charge in [0.25, 0.3) is 5.91 Å². The van der Waals surface area contributed by atoms with E-state index < -0.39 is 0 Å². The van der Waals surface area contributed by atoms with Gasteiger partial charge in [-0.25, -0.2) is 9.97 Å². The maximum Gasteiger partial charge on any atom is 0.275 e. The van der Waals surface area contributed by atoms with Gasteiger partial charge in [0.1, 0.15) is 5.69 Å². The zero-order valence-corrected chi connectivity index (χ0v) is 17.1. The molecule has 5 nitrogen and oxygen atoms in total. The summed E-state index contributed by atoms with van der Waals surface area (Å²) < 4.78 is 0. The minimum Gasteiger partial charge on any atom is -0.325 e. The molecule has 2 heterocycles. The highest BCUT2D eigenvalue weighted by atomic mass is 16.1. The van der Waals surface area contributed by atoms with Crippen LogP contribution in [-0.4, -0.2) is 22.4 Å². The van der Waals surface area contributed by atoms with Crippen molar-refractivity contribution in [3.63, 3.8) is 0 Å². The Morgan fingerprint density at radius 1 is 1.00 bits per heavy atom. The minimum absolute atomic E-state index is 0.0803. The van der Waals surface area contributed by atoms with Gasteiger partial charge in [-0.1, -0.05) is 51.1 Å². The molecule has 0 spiro atoms. The first kappa shape index (κ1) is 19.1. The summed E-state index contributed by atoms with van der Waals surface area (Å²) in [5.74, 6) is 0.509. The number of hydrogen-bond acceptors (Lipinski definition) is 4. The second-order valence-corrected chi connectivity index (χ2v) is 8.43. The first-order chi connectivity index (χ1) is 13.9. The minimum atomic E-state index is -0.258. The lowest BCUT2D eigenvalue weighted by molar-refractivity contribution is 0.102. The molecule has 148 valence electrons. The van der Waals surface area contributed by atoms with Crippen LogP contribution < -0.4 is 10.2 Å². The number of benzene rings is 2. The average molecular weight is 386 g/mol. The van der Waals surface area contributed by atoms with Crippen molar-refractivity contribution in [2.75, 3.05) is 16.8 Å². The Morgan fingerprint density at radius 2 is 1.76 bits per heavy atom. The molecule has 1 aliphatic heterocycles. The maximum atomic E-state index is 12.6. The predicted octanol–water partition coefficient (Wildman–Crippen LogP) is 5.11. The number of nitrogens with zero attached hydrogens (tertiary/aromatic N) is 3. The topological polar surface area (TPSA) is 58.1 Å². The Kier molecular flexibility index (Phi) is 5.05. The summed E-state index contributed by atoms with van der Waals surface area (Å²) in [4.78, 5) is 23.6. The molecule has 1 aromatic heterocycles. The summed E-state index contributed by atoms with van der Waals surface area (Å²) in [6.45, 7) is 7.40. The molecule has 4 rings (SSSR count). The number of carbonyl (C=O) groups is 1. The van der Waals surface area contributed by atoms with Crippen LogP contribution in [0, 0.1) is 0 Å². The average Bonchev–Trinajstić information content (AvgIpc) is 2.73. The molecule has 0 aliphatic carbocycles. The van der Waals surface area contributed by atoms with E-state index >= 15 is 0 Å². The molecule has 0 radical (unpaired) electrons. The van der Waals surface area contributed by atoms with E-state index in [1.165, 1.54) is 16.8 Å². The Balaban J connectivity index is 1.48. The smallest absolute Gasteiger partial charge is 0.275 e. The van der Waals surface area contributed by atoms with Gasteiger partial charge in [0, 0.05) is 17.9 Å². The lowest BCUT2D eigenvalue weighted by atomic mass is 9.87. The van der Waals surface area contributed by atoms with Gasteiger partial charge in [-0.15, -0.1) is 0 Å². The zero-order valence-electron chi connectivity index (χ0n) is 17.1. The van der Waals surface area contributed by atoms with Gasteiger partial charge in [-0.3, -0.25) is 4.79 Å². The number of aromatic nitrogens is 2. The van der Waals surface area contributed by atoms with Crippen molar-refractivity contribution >= 4 is 23.1 Å². The maximum absolute atomic E-state index is 12.6. The van der Waals surface area contributed by atoms with Gasteiger partial charge >= 0.3 is 0 Å². The number of rotatable bonds is 3. The van der Waals surface area contributed by atoms with Gasteiger partial charge in [0.15, 0.2) is 5.82 Å². The third kappa shape index (κ3) is 4.14. The predicted molar refractivity (Wildman–Crippen MR) is 117 cm³/mol. The van der Waals surface area contributed by atoms with Crippen molar-refractivity contribution in [1.29, 1.82) is 0 Å². The normalized spacial score (nSPS) is 13.7. The lowest BCUT2D eigenvalue weighted by Gasteiger charge is -2.30. The van der Waals surface area contributed by atoms with Gasteiger partial charge in [0.2, 0.25) is 0 Å². The van der Waals surface area contributed by atoms with Crippen LogP contribution in [0.4, 0.5) is 17.2 Å². The van der Waals surface area contributed by atoms with Crippen LogP contribution >= 0.6 is 0 Å². The Morgan fingerprint density at radius 3 is 2.45 bits per heavy atom. The molecule has 1 N–H and O–H groups in total. The molecule has 5 heteroatoms. The molecule has 2 aromatic carbocycles. The van der Waals surface area contributed by atoms with Crippen molar-refractivity contribution in [2.45, 2.75) is 39.0 Å². The van der Waals surface area contributed by atoms with Crippen LogP contribution in [0.15, 0.2) is 60.9 Å². The number of aryl methyl sites for hydroxylation is 1. The van der Waals surface area contributed by atoms with E-state index in [-0.39, 0.29) is 11.3 Å². The molecule has 0 saturated heterocycles. The summed E-state index contributed by atoms with van der Waals surface area (Å²) in [6.07, 6.45) is 5.38. The summed E-state index contributed by atoms with van der Waals surface area (Å²) >= 11 is 0. The fraction of sp³-hybridized carbons (Fsp3) is 0.292. The van der Waals surface area contributed by atoms with Crippen LogP contribution in [0.1, 0.15) is 48.8 Å². The molecule has 3 aromatic rings. The first-order valence-electron chi connectivity index (χ1n) is 10.0. The van der Waals surface area contributed by atoms with E-state index in [0.29, 0.717) is 5.69 Å². The van der Waals surface area contributed by atoms with E-state index in [1.807, 2.05) is 30.3 Å². The first-order valence-corrected chi connectivity index (χ1v) is 10.0. The monoisotopic (exact) mass is 386 g/mol. The number of para-hydroxylation sites is 1. The Bertz CT molecular complexity index is 1000. The molecule has 1 amide bonds. The number of amides is 1. The molecule has 0 unspecified atom stereocenters. The fourth-order valence-corrected chi connectivity index (χ4v) is 3.60. The van der Waals surface area contributed by atoms with Crippen LogP contribution in [0.5, 0.6) is 0 Å². The molecular formula is C24H26N4O. The lowest BCUT2D eigenvalue weighted by Crippen LogP contribution is -2.25. The third-order valence-electron chi connectivity index (χ3n) is 5.27. The number of fused-ring (bicyclic) bond motifs is 1. The van der Waals surface area contributed by atoms with E-state index in [9.17, 15) is 4.79 Å². The van der Waals surface area contributed by atoms with Crippen molar-refractivity contribution < 1.29 is 4.79 Å². The largest absolute Gasteiger partial charge is 0.325 e. The summed E-state index contributed by atoms with van der Waals surface area (Å²) in [5.41, 5.74) is 4.85. The molecule has 0 saturated carbocycles. The molecular weight excluding hydrogens is 360 g/mol. The Labute approximate surface area is 171 Å². The molecule has 0 bridgehead atoms. The summed E-state index contributed by atoms with van der Waals surface area (Å²) in [5, 5.41) is 2.90. The van der Waals surface area contributed by atoms with Gasteiger partial charge in [-0.05, 0) is 47.6 Å². The van der Waals surface area contributed by atoms with E-state index in [1.54, 1.807) is 12.4 Å². The number of anilines is 3. The highest BCUT2D eigenvalue weighted by molar-refractivity contribution is 6.02. The molecule has 0 fully saturated rings. The number of nitrogens with one attached hydrogen (secondary N) is 1. The quantitative estimate of drug-likeness (QED) is 0.679. The van der Waals surface area contributed by atoms with E-state index in [4.69, 9.17) is 0 Å². The van der Waals surface area contributed by atoms with Gasteiger partial charge in [-0.2, -0.15) is 0 Å². The van der Waals surface area contributed by atoms with Gasteiger partial charge < -0.3 is 10.2 Å². The van der Waals surface area contributed by atoms with Crippen molar-refractivity contribution in [3.05, 3.63) is 77.7 Å². The standard InChI is InChI=1S/C24H26N4O/c1-24(2,3)18-10-12-19(13-11-18)27-23(29)20-15-26-22(16-25-20)28-14-6-8-17-7-4-5-9-21(17)28/h4-5,7,9-13,15-16H,6,8,14H2,1-3H3,(H,27,29). The van der Waals surface area contributed by atoms with Crippen LogP contribution in [0.2, 0.25) is 0 Å². The second-order valence-electron chi connectivity index (χ2n) is 8.43. The van der Waals surface area contributed by atoms with E-state index in [0.717, 1.165) is 30.9 Å². The SMILES string of the molecule is CC(C)(C)c1ccc(NC(=O)c2cnc(N3CCCc4ccccc43)cn2)cc1. The van der Waals surface area contributed by atoms with Crippen molar-refractivity contribution in [1.82, 2.24) is 9.97 Å². The van der Waals surface area contributed by atoms with Crippen LogP contribution in [-0.2, 0) is 11.8 Å². The summed E-state index contributed by atoms with van der Waals surface area (Å²) in [6, 6.07) is 16.3.